The zero-order valence-electron chi connectivity index (χ0n) is 10.4. The third kappa shape index (κ3) is 2.41. The fourth-order valence-electron chi connectivity index (χ4n) is 1.74. The summed E-state index contributed by atoms with van der Waals surface area (Å²) in [5.74, 6) is 0.891. The topological polar surface area (TPSA) is 30.7 Å². The molecular formula is C13H16BrN3. The molecule has 0 fully saturated rings. The standard InChI is InChI=1S/C13H16BrN3/c1-4-10-7-11(5-2)17(16-10)13-6-9(3)12(14)8-15-13/h6-8H,4-5H2,1-3H3. The van der Waals surface area contributed by atoms with E-state index in [1.54, 1.807) is 0 Å². The Kier molecular flexibility index (Phi) is 3.62. The number of halogens is 1. The van der Waals surface area contributed by atoms with Gasteiger partial charge in [0.2, 0.25) is 0 Å². The summed E-state index contributed by atoms with van der Waals surface area (Å²) in [6, 6.07) is 4.20. The molecule has 2 aromatic rings. The fraction of sp³-hybridized carbons (Fsp3) is 0.385. The van der Waals surface area contributed by atoms with Gasteiger partial charge in [0.05, 0.1) is 5.69 Å². The Bertz CT molecular complexity index is 531. The van der Waals surface area contributed by atoms with Gasteiger partial charge in [0.1, 0.15) is 0 Å². The van der Waals surface area contributed by atoms with Crippen molar-refractivity contribution in [3.63, 3.8) is 0 Å². The van der Waals surface area contributed by atoms with Crippen molar-refractivity contribution >= 4 is 15.9 Å². The lowest BCUT2D eigenvalue weighted by Crippen LogP contribution is -2.04. The Morgan fingerprint density at radius 1 is 1.24 bits per heavy atom. The summed E-state index contributed by atoms with van der Waals surface area (Å²) < 4.78 is 2.97. The van der Waals surface area contributed by atoms with Crippen molar-refractivity contribution in [2.45, 2.75) is 33.6 Å². The smallest absolute Gasteiger partial charge is 0.153 e. The van der Waals surface area contributed by atoms with Gasteiger partial charge in [0, 0.05) is 16.4 Å². The molecule has 2 aromatic heterocycles. The lowest BCUT2D eigenvalue weighted by Gasteiger charge is -2.06. The van der Waals surface area contributed by atoms with Crippen molar-refractivity contribution in [1.82, 2.24) is 14.8 Å². The maximum absolute atomic E-state index is 4.58. The summed E-state index contributed by atoms with van der Waals surface area (Å²) in [7, 11) is 0. The zero-order valence-corrected chi connectivity index (χ0v) is 12.0. The second-order valence-corrected chi connectivity index (χ2v) is 4.89. The lowest BCUT2D eigenvalue weighted by atomic mass is 10.2. The molecule has 0 spiro atoms. The van der Waals surface area contributed by atoms with E-state index in [-0.39, 0.29) is 0 Å². The molecule has 0 saturated heterocycles. The minimum absolute atomic E-state index is 0.891. The van der Waals surface area contributed by atoms with Crippen molar-refractivity contribution in [3.8, 4) is 5.82 Å². The van der Waals surface area contributed by atoms with Gasteiger partial charge in [-0.2, -0.15) is 5.10 Å². The molecule has 0 aliphatic heterocycles. The molecule has 17 heavy (non-hydrogen) atoms. The molecule has 0 bridgehead atoms. The predicted octanol–water partition coefficient (Wildman–Crippen LogP) is 3.46. The molecular weight excluding hydrogens is 278 g/mol. The molecule has 0 atom stereocenters. The lowest BCUT2D eigenvalue weighted by molar-refractivity contribution is 0.771. The minimum atomic E-state index is 0.891. The summed E-state index contributed by atoms with van der Waals surface area (Å²) in [4.78, 5) is 4.42. The first-order chi connectivity index (χ1) is 8.15. The SMILES string of the molecule is CCc1cc(CC)n(-c2cc(C)c(Br)cn2)n1. The van der Waals surface area contributed by atoms with E-state index in [1.165, 1.54) is 11.3 Å². The third-order valence-corrected chi connectivity index (χ3v) is 3.64. The van der Waals surface area contributed by atoms with E-state index >= 15 is 0 Å². The molecule has 2 rings (SSSR count). The van der Waals surface area contributed by atoms with Gasteiger partial charge in [-0.3, -0.25) is 0 Å². The van der Waals surface area contributed by atoms with Crippen molar-refractivity contribution in [3.05, 3.63) is 39.8 Å². The van der Waals surface area contributed by atoms with Crippen LogP contribution in [-0.2, 0) is 12.8 Å². The minimum Gasteiger partial charge on any atom is -0.236 e. The summed E-state index contributed by atoms with van der Waals surface area (Å²) in [5, 5.41) is 4.58. The van der Waals surface area contributed by atoms with Crippen molar-refractivity contribution in [2.75, 3.05) is 0 Å². The van der Waals surface area contributed by atoms with Crippen LogP contribution in [0.2, 0.25) is 0 Å². The average molecular weight is 294 g/mol. The molecule has 0 radical (unpaired) electrons. The Morgan fingerprint density at radius 2 is 2.00 bits per heavy atom. The van der Waals surface area contributed by atoms with Crippen LogP contribution < -0.4 is 0 Å². The molecule has 3 nitrogen and oxygen atoms in total. The summed E-state index contributed by atoms with van der Waals surface area (Å²) in [6.45, 7) is 6.32. The Hall–Kier alpha value is -1.16. The number of aryl methyl sites for hydroxylation is 3. The molecule has 4 heteroatoms. The maximum atomic E-state index is 4.58. The summed E-state index contributed by atoms with van der Waals surface area (Å²) in [6.07, 6.45) is 3.75. The van der Waals surface area contributed by atoms with Crippen LogP contribution in [0.1, 0.15) is 30.8 Å². The van der Waals surface area contributed by atoms with E-state index in [4.69, 9.17) is 0 Å². The second-order valence-electron chi connectivity index (χ2n) is 4.04. The van der Waals surface area contributed by atoms with Gasteiger partial charge in [-0.25, -0.2) is 9.67 Å². The molecule has 0 saturated carbocycles. The molecule has 0 aromatic carbocycles. The fourth-order valence-corrected chi connectivity index (χ4v) is 1.96. The molecule has 0 amide bonds. The van der Waals surface area contributed by atoms with Crippen LogP contribution in [0.15, 0.2) is 22.8 Å². The third-order valence-electron chi connectivity index (χ3n) is 2.81. The zero-order chi connectivity index (χ0) is 12.4. The van der Waals surface area contributed by atoms with E-state index in [0.717, 1.165) is 28.8 Å². The molecule has 0 aliphatic rings. The number of hydrogen-bond donors (Lipinski definition) is 0. The molecule has 90 valence electrons. The first-order valence-corrected chi connectivity index (χ1v) is 6.65. The van der Waals surface area contributed by atoms with Crippen molar-refractivity contribution < 1.29 is 0 Å². The highest BCUT2D eigenvalue weighted by molar-refractivity contribution is 9.10. The Morgan fingerprint density at radius 3 is 2.59 bits per heavy atom. The van der Waals surface area contributed by atoms with Gasteiger partial charge in [-0.05, 0) is 53.4 Å². The summed E-state index contributed by atoms with van der Waals surface area (Å²) in [5.41, 5.74) is 3.49. The van der Waals surface area contributed by atoms with Crippen LogP contribution in [-0.4, -0.2) is 14.8 Å². The maximum Gasteiger partial charge on any atom is 0.153 e. The molecule has 0 unspecified atom stereocenters. The van der Waals surface area contributed by atoms with E-state index in [0.29, 0.717) is 0 Å². The number of hydrogen-bond acceptors (Lipinski definition) is 2. The quantitative estimate of drug-likeness (QED) is 0.868. The predicted molar refractivity (Wildman–Crippen MR) is 72.6 cm³/mol. The van der Waals surface area contributed by atoms with Crippen LogP contribution in [0, 0.1) is 6.92 Å². The van der Waals surface area contributed by atoms with Gasteiger partial charge in [-0.1, -0.05) is 13.8 Å². The van der Waals surface area contributed by atoms with Crippen LogP contribution >= 0.6 is 15.9 Å². The monoisotopic (exact) mass is 293 g/mol. The average Bonchev–Trinajstić information content (AvgIpc) is 2.76. The van der Waals surface area contributed by atoms with E-state index < -0.39 is 0 Å². The van der Waals surface area contributed by atoms with E-state index in [1.807, 2.05) is 10.9 Å². The number of nitrogens with zero attached hydrogens (tertiary/aromatic N) is 3. The Balaban J connectivity index is 2.51. The van der Waals surface area contributed by atoms with E-state index in [9.17, 15) is 0 Å². The highest BCUT2D eigenvalue weighted by atomic mass is 79.9. The molecule has 0 N–H and O–H groups in total. The second kappa shape index (κ2) is 5.00. The van der Waals surface area contributed by atoms with Gasteiger partial charge >= 0.3 is 0 Å². The van der Waals surface area contributed by atoms with Crippen molar-refractivity contribution in [1.29, 1.82) is 0 Å². The number of pyridine rings is 1. The van der Waals surface area contributed by atoms with Gasteiger partial charge in [-0.15, -0.1) is 0 Å². The Labute approximate surface area is 110 Å². The first-order valence-electron chi connectivity index (χ1n) is 5.86. The van der Waals surface area contributed by atoms with Gasteiger partial charge in [0.15, 0.2) is 5.82 Å². The largest absolute Gasteiger partial charge is 0.236 e. The van der Waals surface area contributed by atoms with Crippen LogP contribution in [0.3, 0.4) is 0 Å². The van der Waals surface area contributed by atoms with Gasteiger partial charge in [0.25, 0.3) is 0 Å². The van der Waals surface area contributed by atoms with Crippen LogP contribution in [0.5, 0.6) is 0 Å². The first kappa shape index (κ1) is 12.3. The number of aromatic nitrogens is 3. The van der Waals surface area contributed by atoms with E-state index in [2.05, 4.69) is 58.9 Å². The van der Waals surface area contributed by atoms with Crippen LogP contribution in [0.4, 0.5) is 0 Å². The van der Waals surface area contributed by atoms with Crippen LogP contribution in [0.25, 0.3) is 5.82 Å². The normalized spacial score (nSPS) is 10.8. The number of rotatable bonds is 3. The van der Waals surface area contributed by atoms with Gasteiger partial charge < -0.3 is 0 Å². The highest BCUT2D eigenvalue weighted by Crippen LogP contribution is 2.18. The highest BCUT2D eigenvalue weighted by Gasteiger charge is 2.09. The molecule has 0 aliphatic carbocycles. The summed E-state index contributed by atoms with van der Waals surface area (Å²) >= 11 is 3.46. The molecule has 2 heterocycles. The van der Waals surface area contributed by atoms with Crippen molar-refractivity contribution in [2.24, 2.45) is 0 Å².